The first-order chi connectivity index (χ1) is 12.1. The Morgan fingerprint density at radius 2 is 1.96 bits per heavy atom. The second-order valence-corrected chi connectivity index (χ2v) is 8.33. The standard InChI is InChI=1S/C20H28N2O2S/c1-15-5-4-8-18(11-15)21-19(23)13-25-14-20(24)22-10-9-16-6-2-3-7-17(16)12-22/h4-5,8,11,16-17H,2-3,6-7,9-10,12-14H2,1H3,(H,21,23)/t16-,17+/m1/s1. The van der Waals surface area contributed by atoms with Gasteiger partial charge in [0.1, 0.15) is 0 Å². The SMILES string of the molecule is Cc1cccc(NC(=O)CSCC(=O)N2CC[C@H]3CCCC[C@H]3C2)c1. The topological polar surface area (TPSA) is 49.4 Å². The molecule has 1 heterocycles. The number of hydrogen-bond acceptors (Lipinski definition) is 3. The number of nitrogens with zero attached hydrogens (tertiary/aromatic N) is 1. The monoisotopic (exact) mass is 360 g/mol. The van der Waals surface area contributed by atoms with Crippen molar-refractivity contribution >= 4 is 29.3 Å². The zero-order valence-electron chi connectivity index (χ0n) is 15.0. The maximum atomic E-state index is 12.4. The summed E-state index contributed by atoms with van der Waals surface area (Å²) in [5.41, 5.74) is 1.93. The fraction of sp³-hybridized carbons (Fsp3) is 0.600. The van der Waals surface area contributed by atoms with Crippen molar-refractivity contribution in [3.05, 3.63) is 29.8 Å². The van der Waals surface area contributed by atoms with Crippen molar-refractivity contribution in [2.75, 3.05) is 29.9 Å². The molecule has 0 aromatic heterocycles. The largest absolute Gasteiger partial charge is 0.342 e. The lowest BCUT2D eigenvalue weighted by Crippen LogP contribution is -2.45. The first kappa shape index (κ1) is 18.3. The number of carbonyl (C=O) groups excluding carboxylic acids is 2. The Hall–Kier alpha value is -1.49. The molecule has 2 atom stereocenters. The van der Waals surface area contributed by atoms with Gasteiger partial charge in [0, 0.05) is 18.8 Å². The molecule has 2 aliphatic rings. The van der Waals surface area contributed by atoms with Gasteiger partial charge in [-0.3, -0.25) is 9.59 Å². The maximum absolute atomic E-state index is 12.4. The van der Waals surface area contributed by atoms with E-state index in [2.05, 4.69) is 5.32 Å². The molecule has 0 unspecified atom stereocenters. The molecule has 3 rings (SSSR count). The molecule has 4 nitrogen and oxygen atoms in total. The van der Waals surface area contributed by atoms with Crippen LogP contribution in [0, 0.1) is 18.8 Å². The number of hydrogen-bond donors (Lipinski definition) is 1. The van der Waals surface area contributed by atoms with E-state index in [1.807, 2.05) is 36.1 Å². The molecule has 2 amide bonds. The summed E-state index contributed by atoms with van der Waals surface area (Å²) in [6.07, 6.45) is 6.47. The number of amides is 2. The van der Waals surface area contributed by atoms with Crippen molar-refractivity contribution in [2.24, 2.45) is 11.8 Å². The molecular weight excluding hydrogens is 332 g/mol. The van der Waals surface area contributed by atoms with Crippen LogP contribution in [0.2, 0.25) is 0 Å². The van der Waals surface area contributed by atoms with Crippen LogP contribution >= 0.6 is 11.8 Å². The smallest absolute Gasteiger partial charge is 0.234 e. The Bertz CT molecular complexity index is 619. The van der Waals surface area contributed by atoms with Crippen molar-refractivity contribution in [3.8, 4) is 0 Å². The lowest BCUT2D eigenvalue weighted by atomic mass is 9.75. The number of thioether (sulfide) groups is 1. The molecule has 1 aliphatic carbocycles. The van der Waals surface area contributed by atoms with E-state index in [1.165, 1.54) is 37.4 Å². The minimum absolute atomic E-state index is 0.0469. The zero-order valence-corrected chi connectivity index (χ0v) is 15.8. The third-order valence-electron chi connectivity index (χ3n) is 5.40. The number of piperidine rings is 1. The number of benzene rings is 1. The van der Waals surface area contributed by atoms with Gasteiger partial charge in [0.05, 0.1) is 11.5 Å². The summed E-state index contributed by atoms with van der Waals surface area (Å²) in [5, 5.41) is 2.89. The van der Waals surface area contributed by atoms with Crippen LogP contribution < -0.4 is 5.32 Å². The molecule has 0 bridgehead atoms. The van der Waals surface area contributed by atoms with Crippen LogP contribution in [0.15, 0.2) is 24.3 Å². The van der Waals surface area contributed by atoms with E-state index in [-0.39, 0.29) is 11.8 Å². The molecule has 1 aromatic carbocycles. The van der Waals surface area contributed by atoms with Gasteiger partial charge >= 0.3 is 0 Å². The van der Waals surface area contributed by atoms with Gasteiger partial charge in [-0.2, -0.15) is 0 Å². The van der Waals surface area contributed by atoms with E-state index in [0.29, 0.717) is 17.4 Å². The van der Waals surface area contributed by atoms with Gasteiger partial charge < -0.3 is 10.2 Å². The van der Waals surface area contributed by atoms with Crippen LogP contribution in [-0.4, -0.2) is 41.3 Å². The highest BCUT2D eigenvalue weighted by atomic mass is 32.2. The molecule has 5 heteroatoms. The van der Waals surface area contributed by atoms with Crippen LogP contribution in [0.25, 0.3) is 0 Å². The lowest BCUT2D eigenvalue weighted by Gasteiger charge is -2.41. The van der Waals surface area contributed by atoms with Gasteiger partial charge in [0.2, 0.25) is 11.8 Å². The zero-order chi connectivity index (χ0) is 17.6. The van der Waals surface area contributed by atoms with Crippen molar-refractivity contribution in [1.29, 1.82) is 0 Å². The van der Waals surface area contributed by atoms with Crippen molar-refractivity contribution in [2.45, 2.75) is 39.0 Å². The van der Waals surface area contributed by atoms with E-state index in [4.69, 9.17) is 0 Å². The highest BCUT2D eigenvalue weighted by Crippen LogP contribution is 2.36. The fourth-order valence-corrected chi connectivity index (χ4v) is 4.79. The second-order valence-electron chi connectivity index (χ2n) is 7.34. The van der Waals surface area contributed by atoms with Crippen LogP contribution in [0.1, 0.15) is 37.7 Å². The molecule has 0 spiro atoms. The lowest BCUT2D eigenvalue weighted by molar-refractivity contribution is -0.131. The fourth-order valence-electron chi connectivity index (χ4n) is 4.07. The number of likely N-dealkylation sites (tertiary alicyclic amines) is 1. The molecule has 136 valence electrons. The van der Waals surface area contributed by atoms with Gasteiger partial charge in [-0.25, -0.2) is 0 Å². The van der Waals surface area contributed by atoms with E-state index in [9.17, 15) is 9.59 Å². The summed E-state index contributed by atoms with van der Waals surface area (Å²) >= 11 is 1.41. The third-order valence-corrected chi connectivity index (χ3v) is 6.32. The van der Waals surface area contributed by atoms with Gasteiger partial charge in [0.25, 0.3) is 0 Å². The first-order valence-electron chi connectivity index (χ1n) is 9.34. The number of fused-ring (bicyclic) bond motifs is 1. The molecule has 0 radical (unpaired) electrons. The quantitative estimate of drug-likeness (QED) is 0.871. The van der Waals surface area contributed by atoms with E-state index >= 15 is 0 Å². The van der Waals surface area contributed by atoms with E-state index in [0.717, 1.165) is 36.7 Å². The van der Waals surface area contributed by atoms with Crippen LogP contribution in [0.4, 0.5) is 5.69 Å². The molecular formula is C20H28N2O2S. The van der Waals surface area contributed by atoms with E-state index in [1.54, 1.807) is 0 Å². The van der Waals surface area contributed by atoms with Gasteiger partial charge in [-0.05, 0) is 49.3 Å². The Morgan fingerprint density at radius 3 is 2.76 bits per heavy atom. The summed E-state index contributed by atoms with van der Waals surface area (Å²) in [6, 6.07) is 7.76. The van der Waals surface area contributed by atoms with Gasteiger partial charge in [-0.1, -0.05) is 31.4 Å². The summed E-state index contributed by atoms with van der Waals surface area (Å²) < 4.78 is 0. The summed E-state index contributed by atoms with van der Waals surface area (Å²) in [5.74, 6) is 2.41. The second kappa shape index (κ2) is 8.75. The van der Waals surface area contributed by atoms with E-state index < -0.39 is 0 Å². The number of aryl methyl sites for hydroxylation is 1. The molecule has 25 heavy (non-hydrogen) atoms. The summed E-state index contributed by atoms with van der Waals surface area (Å²) in [7, 11) is 0. The Labute approximate surface area is 154 Å². The number of carbonyl (C=O) groups is 2. The molecule has 1 saturated heterocycles. The van der Waals surface area contributed by atoms with Crippen LogP contribution in [0.5, 0.6) is 0 Å². The molecule has 1 saturated carbocycles. The Balaban J connectivity index is 1.38. The highest BCUT2D eigenvalue weighted by Gasteiger charge is 2.32. The van der Waals surface area contributed by atoms with Gasteiger partial charge in [-0.15, -0.1) is 11.8 Å². The minimum atomic E-state index is -0.0469. The van der Waals surface area contributed by atoms with Gasteiger partial charge in [0.15, 0.2) is 0 Å². The third kappa shape index (κ3) is 5.24. The minimum Gasteiger partial charge on any atom is -0.342 e. The molecule has 1 aliphatic heterocycles. The normalized spacial score (nSPS) is 23.0. The van der Waals surface area contributed by atoms with Crippen molar-refractivity contribution in [3.63, 3.8) is 0 Å². The number of rotatable bonds is 5. The highest BCUT2D eigenvalue weighted by molar-refractivity contribution is 8.00. The molecule has 1 aromatic rings. The van der Waals surface area contributed by atoms with Crippen molar-refractivity contribution in [1.82, 2.24) is 4.90 Å². The average molecular weight is 361 g/mol. The summed E-state index contributed by atoms with van der Waals surface area (Å²) in [6.45, 7) is 3.83. The predicted molar refractivity (Wildman–Crippen MR) is 104 cm³/mol. The molecule has 2 fully saturated rings. The van der Waals surface area contributed by atoms with Crippen molar-refractivity contribution < 1.29 is 9.59 Å². The number of nitrogens with one attached hydrogen (secondary N) is 1. The maximum Gasteiger partial charge on any atom is 0.234 e. The summed E-state index contributed by atoms with van der Waals surface area (Å²) in [4.78, 5) is 26.5. The predicted octanol–water partition coefficient (Wildman–Crippen LogP) is 3.71. The van der Waals surface area contributed by atoms with Crippen LogP contribution in [0.3, 0.4) is 0 Å². The Kier molecular flexibility index (Phi) is 6.40. The first-order valence-corrected chi connectivity index (χ1v) is 10.5. The number of anilines is 1. The Morgan fingerprint density at radius 1 is 1.16 bits per heavy atom. The van der Waals surface area contributed by atoms with Crippen LogP contribution in [-0.2, 0) is 9.59 Å². The average Bonchev–Trinajstić information content (AvgIpc) is 2.61. The molecule has 1 N–H and O–H groups in total.